The van der Waals surface area contributed by atoms with Crippen LogP contribution in [0.15, 0.2) is 28.8 Å². The summed E-state index contributed by atoms with van der Waals surface area (Å²) in [6, 6.07) is 6.64. The van der Waals surface area contributed by atoms with Crippen molar-refractivity contribution in [2.24, 2.45) is 0 Å². The van der Waals surface area contributed by atoms with Gasteiger partial charge in [0.15, 0.2) is 0 Å². The first-order valence-corrected chi connectivity index (χ1v) is 7.18. The Morgan fingerprint density at radius 3 is 2.71 bits per heavy atom. The Balaban J connectivity index is 1.80. The van der Waals surface area contributed by atoms with Crippen LogP contribution in [0.5, 0.6) is 5.75 Å². The monoisotopic (exact) mass is 307 g/mol. The molecular formula is C15H14ClNO4. The smallest absolute Gasteiger partial charge is 0.374 e. The average Bonchev–Trinajstić information content (AvgIpc) is 3.12. The van der Waals surface area contributed by atoms with Crippen molar-refractivity contribution in [3.8, 4) is 17.0 Å². The molecule has 0 radical (unpaired) electrons. The van der Waals surface area contributed by atoms with Gasteiger partial charge in [0.05, 0.1) is 11.1 Å². The van der Waals surface area contributed by atoms with Crippen LogP contribution < -0.4 is 4.74 Å². The molecule has 3 rings (SSSR count). The van der Waals surface area contributed by atoms with E-state index >= 15 is 0 Å². The van der Waals surface area contributed by atoms with E-state index in [1.165, 1.54) is 18.9 Å². The van der Waals surface area contributed by atoms with E-state index in [9.17, 15) is 4.79 Å². The molecule has 0 spiro atoms. The maximum atomic E-state index is 10.8. The van der Waals surface area contributed by atoms with Crippen LogP contribution in [0.3, 0.4) is 0 Å². The van der Waals surface area contributed by atoms with Crippen molar-refractivity contribution in [3.05, 3.63) is 35.0 Å². The van der Waals surface area contributed by atoms with Gasteiger partial charge in [-0.25, -0.2) is 4.79 Å². The van der Waals surface area contributed by atoms with Gasteiger partial charge in [0, 0.05) is 11.6 Å². The van der Waals surface area contributed by atoms with Gasteiger partial charge < -0.3 is 14.4 Å². The molecule has 1 aromatic heterocycles. The highest BCUT2D eigenvalue weighted by molar-refractivity contribution is 6.32. The molecule has 5 nitrogen and oxygen atoms in total. The number of aromatic carboxylic acids is 1. The number of carbonyl (C=O) groups is 1. The first-order valence-electron chi connectivity index (χ1n) is 6.80. The molecule has 0 amide bonds. The number of ether oxygens (including phenoxy) is 1. The maximum Gasteiger partial charge on any atom is 0.374 e. The molecule has 1 aliphatic carbocycles. The summed E-state index contributed by atoms with van der Waals surface area (Å²) in [5, 5.41) is 13.0. The zero-order valence-electron chi connectivity index (χ0n) is 11.2. The van der Waals surface area contributed by atoms with Gasteiger partial charge in [-0.3, -0.25) is 0 Å². The van der Waals surface area contributed by atoms with Crippen molar-refractivity contribution in [3.63, 3.8) is 0 Å². The fourth-order valence-corrected chi connectivity index (χ4v) is 2.68. The number of hydrogen-bond donors (Lipinski definition) is 1. The molecular weight excluding hydrogens is 294 g/mol. The van der Waals surface area contributed by atoms with E-state index in [0.717, 1.165) is 12.8 Å². The average molecular weight is 308 g/mol. The molecule has 1 heterocycles. The summed E-state index contributed by atoms with van der Waals surface area (Å²) in [7, 11) is 0. The van der Waals surface area contributed by atoms with Gasteiger partial charge in [0.1, 0.15) is 11.4 Å². The fourth-order valence-electron chi connectivity index (χ4n) is 2.45. The van der Waals surface area contributed by atoms with Crippen LogP contribution in [0.4, 0.5) is 0 Å². The Morgan fingerprint density at radius 2 is 2.10 bits per heavy atom. The summed E-state index contributed by atoms with van der Waals surface area (Å²) in [5.74, 6) is -0.706. The van der Waals surface area contributed by atoms with E-state index in [1.807, 2.05) is 0 Å². The second kappa shape index (κ2) is 5.77. The normalized spacial score (nSPS) is 15.3. The third-order valence-corrected chi connectivity index (χ3v) is 3.84. The zero-order valence-corrected chi connectivity index (χ0v) is 12.0. The standard InChI is InChI=1S/C15H14ClNO4/c16-11-7-9(12-8-14(15(18)19)21-17-12)5-6-13(11)20-10-3-1-2-4-10/h5-8,10H,1-4H2,(H,18,19). The topological polar surface area (TPSA) is 72.6 Å². The van der Waals surface area contributed by atoms with E-state index < -0.39 is 5.97 Å². The second-order valence-corrected chi connectivity index (χ2v) is 5.46. The maximum absolute atomic E-state index is 10.8. The lowest BCUT2D eigenvalue weighted by Crippen LogP contribution is -2.11. The van der Waals surface area contributed by atoms with Gasteiger partial charge in [-0.1, -0.05) is 16.8 Å². The SMILES string of the molecule is O=C(O)c1cc(-c2ccc(OC3CCCC3)c(Cl)c2)no1. The van der Waals surface area contributed by atoms with E-state index in [-0.39, 0.29) is 11.9 Å². The van der Waals surface area contributed by atoms with Crippen LogP contribution in [0.2, 0.25) is 5.02 Å². The highest BCUT2D eigenvalue weighted by atomic mass is 35.5. The molecule has 1 N–H and O–H groups in total. The van der Waals surface area contributed by atoms with Crippen LogP contribution in [-0.2, 0) is 0 Å². The highest BCUT2D eigenvalue weighted by Gasteiger charge is 2.18. The first-order chi connectivity index (χ1) is 10.1. The number of halogens is 1. The van der Waals surface area contributed by atoms with E-state index in [2.05, 4.69) is 5.16 Å². The third kappa shape index (κ3) is 3.03. The van der Waals surface area contributed by atoms with Gasteiger partial charge in [0.2, 0.25) is 5.76 Å². The molecule has 0 atom stereocenters. The minimum absolute atomic E-state index is 0.201. The number of carboxylic acid groups (broad SMARTS) is 1. The van der Waals surface area contributed by atoms with Crippen LogP contribution in [0.25, 0.3) is 11.3 Å². The van der Waals surface area contributed by atoms with Crippen LogP contribution in [0, 0.1) is 0 Å². The Kier molecular flexibility index (Phi) is 3.84. The molecule has 1 aliphatic rings. The Labute approximate surface area is 126 Å². The van der Waals surface area contributed by atoms with E-state index in [0.29, 0.717) is 22.0 Å². The van der Waals surface area contributed by atoms with Crippen molar-refractivity contribution in [1.82, 2.24) is 5.16 Å². The molecule has 0 aliphatic heterocycles. The van der Waals surface area contributed by atoms with Crippen LogP contribution >= 0.6 is 11.6 Å². The highest BCUT2D eigenvalue weighted by Crippen LogP contribution is 2.33. The predicted octanol–water partition coefficient (Wildman–Crippen LogP) is 4.01. The van der Waals surface area contributed by atoms with E-state index in [4.69, 9.17) is 26.0 Å². The Morgan fingerprint density at radius 1 is 1.33 bits per heavy atom. The molecule has 0 saturated heterocycles. The fraction of sp³-hybridized carbons (Fsp3) is 0.333. The van der Waals surface area contributed by atoms with Gasteiger partial charge in [-0.2, -0.15) is 0 Å². The minimum Gasteiger partial charge on any atom is -0.489 e. The molecule has 1 aromatic carbocycles. The van der Waals surface area contributed by atoms with Gasteiger partial charge in [-0.05, 0) is 43.9 Å². The molecule has 6 heteroatoms. The largest absolute Gasteiger partial charge is 0.489 e. The van der Waals surface area contributed by atoms with Gasteiger partial charge in [-0.15, -0.1) is 0 Å². The van der Waals surface area contributed by atoms with Crippen molar-refractivity contribution >= 4 is 17.6 Å². The number of carboxylic acids is 1. The number of hydrogen-bond acceptors (Lipinski definition) is 4. The first kappa shape index (κ1) is 13.9. The molecule has 110 valence electrons. The summed E-state index contributed by atoms with van der Waals surface area (Å²) < 4.78 is 10.6. The Hall–Kier alpha value is -2.01. The Bertz CT molecular complexity index is 661. The summed E-state index contributed by atoms with van der Waals surface area (Å²) in [5.41, 5.74) is 1.12. The van der Waals surface area contributed by atoms with Crippen molar-refractivity contribution < 1.29 is 19.2 Å². The van der Waals surface area contributed by atoms with Gasteiger partial charge >= 0.3 is 5.97 Å². The third-order valence-electron chi connectivity index (χ3n) is 3.54. The molecule has 2 aromatic rings. The van der Waals surface area contributed by atoms with Crippen molar-refractivity contribution in [2.45, 2.75) is 31.8 Å². The quantitative estimate of drug-likeness (QED) is 0.923. The van der Waals surface area contributed by atoms with Crippen molar-refractivity contribution in [2.75, 3.05) is 0 Å². The number of rotatable bonds is 4. The number of aromatic nitrogens is 1. The summed E-state index contributed by atoms with van der Waals surface area (Å²) >= 11 is 6.23. The summed E-state index contributed by atoms with van der Waals surface area (Å²) in [6.45, 7) is 0. The number of benzene rings is 1. The van der Waals surface area contributed by atoms with Crippen LogP contribution in [0.1, 0.15) is 36.2 Å². The minimum atomic E-state index is -1.15. The van der Waals surface area contributed by atoms with E-state index in [1.54, 1.807) is 18.2 Å². The van der Waals surface area contributed by atoms with Gasteiger partial charge in [0.25, 0.3) is 0 Å². The molecule has 0 bridgehead atoms. The zero-order chi connectivity index (χ0) is 14.8. The lowest BCUT2D eigenvalue weighted by atomic mass is 10.1. The lowest BCUT2D eigenvalue weighted by Gasteiger charge is -2.14. The number of nitrogens with zero attached hydrogens (tertiary/aromatic N) is 1. The van der Waals surface area contributed by atoms with Crippen LogP contribution in [-0.4, -0.2) is 22.3 Å². The molecule has 0 unspecified atom stereocenters. The molecule has 1 saturated carbocycles. The molecule has 1 fully saturated rings. The van der Waals surface area contributed by atoms with Crippen molar-refractivity contribution in [1.29, 1.82) is 0 Å². The summed E-state index contributed by atoms with van der Waals surface area (Å²) in [4.78, 5) is 10.8. The molecule has 21 heavy (non-hydrogen) atoms. The summed E-state index contributed by atoms with van der Waals surface area (Å²) in [6.07, 6.45) is 4.74. The predicted molar refractivity (Wildman–Crippen MR) is 76.8 cm³/mol. The lowest BCUT2D eigenvalue weighted by molar-refractivity contribution is 0.0652. The second-order valence-electron chi connectivity index (χ2n) is 5.05.